The van der Waals surface area contributed by atoms with Crippen molar-refractivity contribution < 1.29 is 4.74 Å². The van der Waals surface area contributed by atoms with Gasteiger partial charge in [0, 0.05) is 36.0 Å². The van der Waals surface area contributed by atoms with Crippen LogP contribution < -0.4 is 5.32 Å². The van der Waals surface area contributed by atoms with Gasteiger partial charge in [-0.3, -0.25) is 0 Å². The molecule has 1 saturated heterocycles. The number of aromatic nitrogens is 2. The number of hydrogen-bond donors (Lipinski definition) is 1. The van der Waals surface area contributed by atoms with Crippen molar-refractivity contribution in [1.82, 2.24) is 15.3 Å². The van der Waals surface area contributed by atoms with Crippen LogP contribution >= 0.6 is 0 Å². The van der Waals surface area contributed by atoms with Crippen molar-refractivity contribution in [2.75, 3.05) is 19.8 Å². The molecule has 0 radical (unpaired) electrons. The number of rotatable bonds is 5. The zero-order chi connectivity index (χ0) is 13.0. The topological polar surface area (TPSA) is 47.0 Å². The van der Waals surface area contributed by atoms with Crippen molar-refractivity contribution in [3.63, 3.8) is 0 Å². The minimum absolute atomic E-state index is 0.389. The average Bonchev–Trinajstić information content (AvgIpc) is 2.86. The number of hydrogen-bond acceptors (Lipinski definition) is 4. The van der Waals surface area contributed by atoms with Crippen LogP contribution in [0.5, 0.6) is 0 Å². The Labute approximate surface area is 109 Å². The fourth-order valence-corrected chi connectivity index (χ4v) is 2.33. The van der Waals surface area contributed by atoms with Crippen LogP contribution in [0.4, 0.5) is 0 Å². The number of nitrogens with one attached hydrogen (secondary N) is 1. The highest BCUT2D eigenvalue weighted by Gasteiger charge is 2.21. The zero-order valence-electron chi connectivity index (χ0n) is 11.6. The van der Waals surface area contributed by atoms with Crippen LogP contribution in [0.2, 0.25) is 0 Å². The maximum atomic E-state index is 5.41. The summed E-state index contributed by atoms with van der Waals surface area (Å²) >= 11 is 0. The normalized spacial score (nSPS) is 19.4. The maximum absolute atomic E-state index is 5.41. The van der Waals surface area contributed by atoms with Crippen LogP contribution in [0.3, 0.4) is 0 Å². The quantitative estimate of drug-likeness (QED) is 0.812. The first kappa shape index (κ1) is 13.4. The van der Waals surface area contributed by atoms with E-state index in [1.165, 1.54) is 5.56 Å². The Morgan fingerprint density at radius 2 is 2.00 bits per heavy atom. The van der Waals surface area contributed by atoms with Crippen LogP contribution in [0.1, 0.15) is 48.5 Å². The van der Waals surface area contributed by atoms with E-state index >= 15 is 0 Å². The summed E-state index contributed by atoms with van der Waals surface area (Å²) in [6.07, 6.45) is 2.20. The van der Waals surface area contributed by atoms with Gasteiger partial charge in [0.25, 0.3) is 0 Å². The molecule has 100 valence electrons. The Hall–Kier alpha value is -1.00. The molecule has 1 aromatic heterocycles. The summed E-state index contributed by atoms with van der Waals surface area (Å²) in [7, 11) is 0. The van der Waals surface area contributed by atoms with Crippen molar-refractivity contribution in [2.45, 2.75) is 46.1 Å². The van der Waals surface area contributed by atoms with Crippen molar-refractivity contribution in [1.29, 1.82) is 0 Å². The molecule has 4 nitrogen and oxygen atoms in total. The van der Waals surface area contributed by atoms with Gasteiger partial charge in [-0.15, -0.1) is 0 Å². The molecule has 0 spiro atoms. The summed E-state index contributed by atoms with van der Waals surface area (Å²) < 4.78 is 5.41. The third-order valence-electron chi connectivity index (χ3n) is 3.46. The van der Waals surface area contributed by atoms with Gasteiger partial charge in [0.15, 0.2) is 0 Å². The van der Waals surface area contributed by atoms with E-state index in [1.807, 2.05) is 0 Å². The Morgan fingerprint density at radius 1 is 1.28 bits per heavy atom. The van der Waals surface area contributed by atoms with Gasteiger partial charge in [0.1, 0.15) is 5.82 Å². The second-order valence-corrected chi connectivity index (χ2v) is 4.97. The summed E-state index contributed by atoms with van der Waals surface area (Å²) in [6.45, 7) is 9.85. The van der Waals surface area contributed by atoms with Crippen LogP contribution in [-0.2, 0) is 11.3 Å². The minimum atomic E-state index is 0.389. The minimum Gasteiger partial charge on any atom is -0.381 e. The van der Waals surface area contributed by atoms with E-state index in [-0.39, 0.29) is 0 Å². The Bertz CT molecular complexity index is 377. The van der Waals surface area contributed by atoms with Gasteiger partial charge in [-0.1, -0.05) is 6.92 Å². The molecule has 0 amide bonds. The number of aryl methyl sites for hydroxylation is 2. The van der Waals surface area contributed by atoms with Crippen molar-refractivity contribution in [3.05, 3.63) is 22.8 Å². The lowest BCUT2D eigenvalue weighted by atomic mass is 10.1. The Balaban J connectivity index is 2.12. The fraction of sp³-hybridized carbons (Fsp3) is 0.714. The molecule has 2 rings (SSSR count). The molecule has 0 bridgehead atoms. The van der Waals surface area contributed by atoms with Crippen LogP contribution in [0, 0.1) is 13.8 Å². The summed E-state index contributed by atoms with van der Waals surface area (Å²) in [5.41, 5.74) is 3.45. The second-order valence-electron chi connectivity index (χ2n) is 4.97. The molecule has 1 N–H and O–H groups in total. The summed E-state index contributed by atoms with van der Waals surface area (Å²) in [5.74, 6) is 1.35. The molecule has 1 fully saturated rings. The highest BCUT2D eigenvalue weighted by Crippen LogP contribution is 2.23. The standard InChI is InChI=1S/C14H23N3O/c1-4-6-15-8-13-10(2)16-14(17-11(13)3)12-5-7-18-9-12/h12,15H,4-9H2,1-3H3. The van der Waals surface area contributed by atoms with Gasteiger partial charge >= 0.3 is 0 Å². The third-order valence-corrected chi connectivity index (χ3v) is 3.46. The molecular weight excluding hydrogens is 226 g/mol. The highest BCUT2D eigenvalue weighted by molar-refractivity contribution is 5.25. The summed E-state index contributed by atoms with van der Waals surface area (Å²) in [5, 5.41) is 3.42. The first-order valence-corrected chi connectivity index (χ1v) is 6.84. The zero-order valence-corrected chi connectivity index (χ0v) is 11.6. The predicted octanol–water partition coefficient (Wildman–Crippen LogP) is 2.10. The van der Waals surface area contributed by atoms with Crippen LogP contribution in [0.25, 0.3) is 0 Å². The Kier molecular flexibility index (Phi) is 4.66. The first-order valence-electron chi connectivity index (χ1n) is 6.84. The molecule has 0 aliphatic carbocycles. The lowest BCUT2D eigenvalue weighted by Gasteiger charge is -2.13. The van der Waals surface area contributed by atoms with Crippen LogP contribution in [-0.4, -0.2) is 29.7 Å². The predicted molar refractivity (Wildman–Crippen MR) is 71.7 cm³/mol. The molecule has 1 aromatic rings. The van der Waals surface area contributed by atoms with Crippen LogP contribution in [0.15, 0.2) is 0 Å². The van der Waals surface area contributed by atoms with Gasteiger partial charge < -0.3 is 10.1 Å². The van der Waals surface area contributed by atoms with Gasteiger partial charge in [-0.2, -0.15) is 0 Å². The van der Waals surface area contributed by atoms with Gasteiger partial charge in [-0.05, 0) is 33.2 Å². The second kappa shape index (κ2) is 6.25. The van der Waals surface area contributed by atoms with Crippen molar-refractivity contribution in [2.24, 2.45) is 0 Å². The molecule has 1 aliphatic heterocycles. The van der Waals surface area contributed by atoms with E-state index in [0.29, 0.717) is 5.92 Å². The molecule has 1 unspecified atom stereocenters. The average molecular weight is 249 g/mol. The maximum Gasteiger partial charge on any atom is 0.134 e. The molecule has 0 aromatic carbocycles. The lowest BCUT2D eigenvalue weighted by molar-refractivity contribution is 0.193. The fourth-order valence-electron chi connectivity index (χ4n) is 2.33. The van der Waals surface area contributed by atoms with Gasteiger partial charge in [0.2, 0.25) is 0 Å². The SMILES string of the molecule is CCCNCc1c(C)nc(C2CCOC2)nc1C. The molecule has 18 heavy (non-hydrogen) atoms. The number of ether oxygens (including phenoxy) is 1. The molecule has 0 saturated carbocycles. The first-order chi connectivity index (χ1) is 8.72. The molecule has 1 aliphatic rings. The van der Waals surface area contributed by atoms with Gasteiger partial charge in [0.05, 0.1) is 6.61 Å². The van der Waals surface area contributed by atoms with E-state index < -0.39 is 0 Å². The van der Waals surface area contributed by atoms with E-state index in [2.05, 4.69) is 36.1 Å². The van der Waals surface area contributed by atoms with E-state index in [0.717, 1.165) is 56.4 Å². The highest BCUT2D eigenvalue weighted by atomic mass is 16.5. The number of nitrogens with zero attached hydrogens (tertiary/aromatic N) is 2. The molecule has 1 atom stereocenters. The van der Waals surface area contributed by atoms with E-state index in [4.69, 9.17) is 4.74 Å². The molecule has 2 heterocycles. The van der Waals surface area contributed by atoms with Crippen molar-refractivity contribution in [3.8, 4) is 0 Å². The Morgan fingerprint density at radius 3 is 2.56 bits per heavy atom. The largest absolute Gasteiger partial charge is 0.381 e. The summed E-state index contributed by atoms with van der Waals surface area (Å²) in [6, 6.07) is 0. The molecular formula is C14H23N3O. The third kappa shape index (κ3) is 3.06. The monoisotopic (exact) mass is 249 g/mol. The van der Waals surface area contributed by atoms with E-state index in [9.17, 15) is 0 Å². The van der Waals surface area contributed by atoms with Crippen molar-refractivity contribution >= 4 is 0 Å². The smallest absolute Gasteiger partial charge is 0.134 e. The summed E-state index contributed by atoms with van der Waals surface area (Å²) in [4.78, 5) is 9.33. The lowest BCUT2D eigenvalue weighted by Crippen LogP contribution is -2.18. The molecule has 4 heteroatoms. The van der Waals surface area contributed by atoms with E-state index in [1.54, 1.807) is 0 Å². The van der Waals surface area contributed by atoms with Gasteiger partial charge in [-0.25, -0.2) is 9.97 Å².